The predicted molar refractivity (Wildman–Crippen MR) is 116 cm³/mol. The van der Waals surface area contributed by atoms with Crippen LogP contribution in [0.15, 0.2) is 78.0 Å². The Hall–Kier alpha value is -3.08. The number of hydrogen-bond donors (Lipinski definition) is 2. The molecule has 1 heterocycles. The lowest BCUT2D eigenvalue weighted by Gasteiger charge is -2.12. The largest absolute Gasteiger partial charge is 0.356 e. The minimum atomic E-state index is 0.796. The molecule has 5 nitrogen and oxygen atoms in total. The molecule has 0 aliphatic heterocycles. The molecule has 0 amide bonds. The topological polar surface area (TPSA) is 54.2 Å². The van der Waals surface area contributed by atoms with Crippen LogP contribution in [0.25, 0.3) is 0 Å². The zero-order valence-corrected chi connectivity index (χ0v) is 16.5. The maximum absolute atomic E-state index is 4.51. The van der Waals surface area contributed by atoms with Gasteiger partial charge < -0.3 is 15.2 Å². The minimum absolute atomic E-state index is 0.796. The molecule has 0 bridgehead atoms. The summed E-state index contributed by atoms with van der Waals surface area (Å²) in [6.07, 6.45) is 6.91. The first-order chi connectivity index (χ1) is 13.8. The zero-order valence-electron chi connectivity index (χ0n) is 16.5. The fourth-order valence-corrected chi connectivity index (χ4v) is 3.15. The van der Waals surface area contributed by atoms with Crippen molar-refractivity contribution >= 4 is 5.96 Å². The van der Waals surface area contributed by atoms with Gasteiger partial charge in [0.2, 0.25) is 0 Å². The van der Waals surface area contributed by atoms with Crippen molar-refractivity contribution in [1.29, 1.82) is 0 Å². The summed E-state index contributed by atoms with van der Waals surface area (Å²) in [5, 5.41) is 6.77. The molecule has 0 saturated carbocycles. The molecule has 0 aliphatic rings. The molecule has 0 spiro atoms. The third kappa shape index (κ3) is 6.27. The van der Waals surface area contributed by atoms with Gasteiger partial charge in [-0.15, -0.1) is 0 Å². The first-order valence-corrected chi connectivity index (χ1v) is 9.87. The molecule has 0 saturated heterocycles. The molecule has 2 aromatic carbocycles. The summed E-state index contributed by atoms with van der Waals surface area (Å²) >= 11 is 0. The first kappa shape index (κ1) is 19.7. The lowest BCUT2D eigenvalue weighted by molar-refractivity contribution is 0.689. The molecule has 146 valence electrons. The highest BCUT2D eigenvalue weighted by atomic mass is 15.2. The Balaban J connectivity index is 1.38. The zero-order chi connectivity index (χ0) is 19.4. The quantitative estimate of drug-likeness (QED) is 0.343. The van der Waals surface area contributed by atoms with Crippen LogP contribution in [0.1, 0.15) is 23.4 Å². The number of aliphatic imine (C=N–C) groups is 1. The van der Waals surface area contributed by atoms with E-state index in [1.807, 2.05) is 25.5 Å². The number of imidazole rings is 1. The van der Waals surface area contributed by atoms with Crippen molar-refractivity contribution < 1.29 is 0 Å². The number of nitrogens with one attached hydrogen (secondary N) is 2. The second-order valence-corrected chi connectivity index (χ2v) is 6.72. The van der Waals surface area contributed by atoms with Crippen molar-refractivity contribution in [3.63, 3.8) is 0 Å². The molecule has 3 aromatic rings. The lowest BCUT2D eigenvalue weighted by atomic mass is 10.1. The van der Waals surface area contributed by atoms with Crippen LogP contribution in [0.4, 0.5) is 0 Å². The lowest BCUT2D eigenvalue weighted by Crippen LogP contribution is -2.39. The van der Waals surface area contributed by atoms with Crippen LogP contribution in [-0.2, 0) is 19.4 Å². The van der Waals surface area contributed by atoms with E-state index in [1.54, 1.807) is 0 Å². The number of nitrogens with zero attached hydrogens (tertiary/aromatic N) is 3. The van der Waals surface area contributed by atoms with E-state index < -0.39 is 0 Å². The van der Waals surface area contributed by atoms with Crippen molar-refractivity contribution in [2.24, 2.45) is 4.99 Å². The van der Waals surface area contributed by atoms with Gasteiger partial charge in [-0.2, -0.15) is 0 Å². The molecule has 1 aromatic heterocycles. The summed E-state index contributed by atoms with van der Waals surface area (Å²) in [5.41, 5.74) is 2.66. The number of hydrogen-bond acceptors (Lipinski definition) is 2. The van der Waals surface area contributed by atoms with Gasteiger partial charge in [0.25, 0.3) is 0 Å². The van der Waals surface area contributed by atoms with E-state index in [4.69, 9.17) is 0 Å². The molecule has 5 heteroatoms. The summed E-state index contributed by atoms with van der Waals surface area (Å²) in [7, 11) is 1.81. The maximum atomic E-state index is 4.51. The Labute approximate surface area is 167 Å². The molecule has 3 rings (SSSR count). The van der Waals surface area contributed by atoms with Gasteiger partial charge in [-0.05, 0) is 24.0 Å². The number of aryl methyl sites for hydroxylation is 1. The molecule has 0 atom stereocenters. The molecule has 28 heavy (non-hydrogen) atoms. The number of guanidine groups is 1. The smallest absolute Gasteiger partial charge is 0.190 e. The average molecular weight is 376 g/mol. The normalized spacial score (nSPS) is 11.4. The van der Waals surface area contributed by atoms with Crippen LogP contribution in [0.3, 0.4) is 0 Å². The Bertz CT molecular complexity index is 840. The molecule has 0 aliphatic carbocycles. The molecule has 0 unspecified atom stereocenters. The summed E-state index contributed by atoms with van der Waals surface area (Å²) < 4.78 is 2.20. The third-order valence-electron chi connectivity index (χ3n) is 4.64. The van der Waals surface area contributed by atoms with Gasteiger partial charge in [0.1, 0.15) is 5.82 Å². The van der Waals surface area contributed by atoms with Crippen molar-refractivity contribution in [2.75, 3.05) is 20.1 Å². The highest BCUT2D eigenvalue weighted by Gasteiger charge is 2.04. The van der Waals surface area contributed by atoms with Crippen molar-refractivity contribution in [2.45, 2.75) is 25.8 Å². The van der Waals surface area contributed by atoms with Crippen molar-refractivity contribution in [3.05, 3.63) is 90.0 Å². The molecule has 0 radical (unpaired) electrons. The predicted octanol–water partition coefficient (Wildman–Crippen LogP) is 3.27. The summed E-state index contributed by atoms with van der Waals surface area (Å²) in [6.45, 7) is 2.55. The van der Waals surface area contributed by atoms with E-state index in [1.165, 1.54) is 11.1 Å². The third-order valence-corrected chi connectivity index (χ3v) is 4.64. The van der Waals surface area contributed by atoms with E-state index in [9.17, 15) is 0 Å². The summed E-state index contributed by atoms with van der Waals surface area (Å²) in [5.74, 6) is 1.92. The molecular weight excluding hydrogens is 346 g/mol. The van der Waals surface area contributed by atoms with Crippen LogP contribution in [-0.4, -0.2) is 35.6 Å². The summed E-state index contributed by atoms with van der Waals surface area (Å²) in [4.78, 5) is 8.82. The number of benzene rings is 2. The fourth-order valence-electron chi connectivity index (χ4n) is 3.15. The van der Waals surface area contributed by atoms with Gasteiger partial charge in [-0.25, -0.2) is 4.98 Å². The Morgan fingerprint density at radius 3 is 2.29 bits per heavy atom. The standard InChI is InChI=1S/C23H29N5/c1-24-23(26-15-8-13-20-9-4-2-5-10-20)27-16-14-22-25-17-18-28(22)19-21-11-6-3-7-12-21/h2-7,9-12,17-18H,8,13-16,19H2,1H3,(H2,24,26,27). The SMILES string of the molecule is CN=C(NCCCc1ccccc1)NCCc1nccn1Cc1ccccc1. The van der Waals surface area contributed by atoms with Crippen LogP contribution in [0.5, 0.6) is 0 Å². The van der Waals surface area contributed by atoms with E-state index in [-0.39, 0.29) is 0 Å². The van der Waals surface area contributed by atoms with Gasteiger partial charge in [-0.3, -0.25) is 4.99 Å². The van der Waals surface area contributed by atoms with Crippen molar-refractivity contribution in [3.8, 4) is 0 Å². The van der Waals surface area contributed by atoms with Crippen LogP contribution in [0.2, 0.25) is 0 Å². The Kier molecular flexibility index (Phi) is 7.67. The highest BCUT2D eigenvalue weighted by Crippen LogP contribution is 2.06. The molecule has 2 N–H and O–H groups in total. The van der Waals surface area contributed by atoms with E-state index in [0.717, 1.165) is 50.7 Å². The van der Waals surface area contributed by atoms with Gasteiger partial charge in [0.05, 0.1) is 0 Å². The van der Waals surface area contributed by atoms with Gasteiger partial charge in [0, 0.05) is 45.5 Å². The summed E-state index contributed by atoms with van der Waals surface area (Å²) in [6, 6.07) is 21.0. The second kappa shape index (κ2) is 10.9. The maximum Gasteiger partial charge on any atom is 0.190 e. The van der Waals surface area contributed by atoms with Crippen molar-refractivity contribution in [1.82, 2.24) is 20.2 Å². The average Bonchev–Trinajstić information content (AvgIpc) is 3.18. The second-order valence-electron chi connectivity index (χ2n) is 6.72. The van der Waals surface area contributed by atoms with Gasteiger partial charge in [-0.1, -0.05) is 60.7 Å². The van der Waals surface area contributed by atoms with Crippen LogP contribution in [0, 0.1) is 0 Å². The molecular formula is C23H29N5. The first-order valence-electron chi connectivity index (χ1n) is 9.87. The van der Waals surface area contributed by atoms with E-state index >= 15 is 0 Å². The van der Waals surface area contributed by atoms with Gasteiger partial charge >= 0.3 is 0 Å². The van der Waals surface area contributed by atoms with Crippen LogP contribution >= 0.6 is 0 Å². The molecule has 0 fully saturated rings. The van der Waals surface area contributed by atoms with Crippen LogP contribution < -0.4 is 10.6 Å². The highest BCUT2D eigenvalue weighted by molar-refractivity contribution is 5.79. The number of aromatic nitrogens is 2. The van der Waals surface area contributed by atoms with Gasteiger partial charge in [0.15, 0.2) is 5.96 Å². The Morgan fingerprint density at radius 2 is 1.57 bits per heavy atom. The Morgan fingerprint density at radius 1 is 0.893 bits per heavy atom. The fraction of sp³-hybridized carbons (Fsp3) is 0.304. The number of rotatable bonds is 9. The minimum Gasteiger partial charge on any atom is -0.356 e. The van der Waals surface area contributed by atoms with E-state index in [0.29, 0.717) is 0 Å². The monoisotopic (exact) mass is 375 g/mol. The van der Waals surface area contributed by atoms with E-state index in [2.05, 4.69) is 79.8 Å².